The van der Waals surface area contributed by atoms with Gasteiger partial charge >= 0.3 is 0 Å². The molecule has 0 radical (unpaired) electrons. The fourth-order valence-electron chi connectivity index (χ4n) is 2.74. The lowest BCUT2D eigenvalue weighted by Crippen LogP contribution is -2.49. The Bertz CT molecular complexity index is 574. The molecule has 1 aliphatic heterocycles. The molecular formula is C15H22N4O3. The Morgan fingerprint density at radius 2 is 2.14 bits per heavy atom. The predicted molar refractivity (Wildman–Crippen MR) is 80.3 cm³/mol. The van der Waals surface area contributed by atoms with Crippen molar-refractivity contribution in [3.05, 3.63) is 29.1 Å². The van der Waals surface area contributed by atoms with Gasteiger partial charge in [-0.25, -0.2) is 5.48 Å². The number of pyridine rings is 1. The smallest absolute Gasteiger partial charge is 0.276 e. The molecule has 0 spiro atoms. The van der Waals surface area contributed by atoms with E-state index in [2.05, 4.69) is 10.3 Å². The molecule has 0 aliphatic carbocycles. The van der Waals surface area contributed by atoms with Crippen molar-refractivity contribution < 1.29 is 14.8 Å². The van der Waals surface area contributed by atoms with E-state index in [1.54, 1.807) is 23.5 Å². The van der Waals surface area contributed by atoms with Crippen LogP contribution in [-0.4, -0.2) is 46.5 Å². The topological polar surface area (TPSA) is 94.6 Å². The van der Waals surface area contributed by atoms with Gasteiger partial charge in [0.25, 0.3) is 5.91 Å². The van der Waals surface area contributed by atoms with Crippen molar-refractivity contribution in [2.75, 3.05) is 13.6 Å². The van der Waals surface area contributed by atoms with Gasteiger partial charge in [-0.05, 0) is 24.6 Å². The predicted octanol–water partition coefficient (Wildman–Crippen LogP) is 0.329. The first-order valence-corrected chi connectivity index (χ1v) is 7.36. The molecule has 7 heteroatoms. The highest BCUT2D eigenvalue weighted by Gasteiger charge is 2.29. The number of rotatable bonds is 4. The van der Waals surface area contributed by atoms with E-state index in [0.29, 0.717) is 19.5 Å². The summed E-state index contributed by atoms with van der Waals surface area (Å²) in [5.74, 6) is -0.349. The zero-order chi connectivity index (χ0) is 16.3. The van der Waals surface area contributed by atoms with Crippen molar-refractivity contribution in [3.8, 4) is 0 Å². The third-order valence-electron chi connectivity index (χ3n) is 3.96. The van der Waals surface area contributed by atoms with E-state index < -0.39 is 5.91 Å². The Labute approximate surface area is 129 Å². The van der Waals surface area contributed by atoms with Gasteiger partial charge in [0.2, 0.25) is 5.91 Å². The van der Waals surface area contributed by atoms with E-state index in [4.69, 9.17) is 5.21 Å². The molecule has 1 aromatic rings. The molecule has 0 aromatic carbocycles. The van der Waals surface area contributed by atoms with Crippen LogP contribution >= 0.6 is 0 Å². The van der Waals surface area contributed by atoms with Crippen LogP contribution in [0.25, 0.3) is 0 Å². The monoisotopic (exact) mass is 306 g/mol. The molecule has 0 saturated heterocycles. The first-order chi connectivity index (χ1) is 10.5. The zero-order valence-electron chi connectivity index (χ0n) is 13.1. The lowest BCUT2D eigenvalue weighted by atomic mass is 9.99. The number of hydroxylamine groups is 1. The molecule has 2 heterocycles. The number of aromatic nitrogens is 1. The van der Waals surface area contributed by atoms with Crippen LogP contribution in [0, 0.1) is 5.92 Å². The summed E-state index contributed by atoms with van der Waals surface area (Å²) in [5.41, 5.74) is 3.62. The molecule has 2 amide bonds. The highest BCUT2D eigenvalue weighted by Crippen LogP contribution is 2.20. The van der Waals surface area contributed by atoms with Gasteiger partial charge in [0.15, 0.2) is 0 Å². The van der Waals surface area contributed by atoms with Crippen LogP contribution in [-0.2, 0) is 17.8 Å². The summed E-state index contributed by atoms with van der Waals surface area (Å²) in [6.07, 6.45) is 2.10. The van der Waals surface area contributed by atoms with E-state index in [9.17, 15) is 9.59 Å². The van der Waals surface area contributed by atoms with E-state index in [1.807, 2.05) is 13.8 Å². The van der Waals surface area contributed by atoms with Gasteiger partial charge in [-0.3, -0.25) is 19.8 Å². The maximum absolute atomic E-state index is 12.6. The Kier molecular flexibility index (Phi) is 5.10. The van der Waals surface area contributed by atoms with Gasteiger partial charge in [0.1, 0.15) is 0 Å². The minimum Gasteiger partial charge on any atom is -0.337 e. The van der Waals surface area contributed by atoms with Gasteiger partial charge in [-0.15, -0.1) is 0 Å². The van der Waals surface area contributed by atoms with Crippen LogP contribution in [0.1, 0.15) is 35.5 Å². The van der Waals surface area contributed by atoms with Crippen LogP contribution in [0.15, 0.2) is 12.3 Å². The molecule has 0 fully saturated rings. The van der Waals surface area contributed by atoms with E-state index in [0.717, 1.165) is 11.3 Å². The standard InChI is InChI=1S/C15H22N4O3/c1-9(2)13(16-3)15(21)19-5-4-12-11(8-19)6-10(7-17-12)14(20)18-22/h6-7,9,13,16,22H,4-5,8H2,1-3H3,(H,18,20)/t13-/m1/s1. The Morgan fingerprint density at radius 1 is 1.41 bits per heavy atom. The van der Waals surface area contributed by atoms with Crippen molar-refractivity contribution in [2.45, 2.75) is 32.9 Å². The fraction of sp³-hybridized carbons (Fsp3) is 0.533. The molecular weight excluding hydrogens is 284 g/mol. The number of hydrogen-bond acceptors (Lipinski definition) is 5. The highest BCUT2D eigenvalue weighted by atomic mass is 16.5. The van der Waals surface area contributed by atoms with Crippen LogP contribution in [0.2, 0.25) is 0 Å². The molecule has 0 saturated carbocycles. The quantitative estimate of drug-likeness (QED) is 0.550. The number of nitrogens with one attached hydrogen (secondary N) is 2. The van der Waals surface area contributed by atoms with Crippen molar-refractivity contribution >= 4 is 11.8 Å². The number of carbonyl (C=O) groups is 2. The van der Waals surface area contributed by atoms with E-state index in [1.165, 1.54) is 6.20 Å². The zero-order valence-corrected chi connectivity index (χ0v) is 13.1. The van der Waals surface area contributed by atoms with Gasteiger partial charge < -0.3 is 10.2 Å². The molecule has 3 N–H and O–H groups in total. The molecule has 1 atom stereocenters. The molecule has 1 aromatic heterocycles. The minimum atomic E-state index is -0.603. The second-order valence-electron chi connectivity index (χ2n) is 5.79. The number of amides is 2. The summed E-state index contributed by atoms with van der Waals surface area (Å²) >= 11 is 0. The van der Waals surface area contributed by atoms with Crippen molar-refractivity contribution in [1.82, 2.24) is 20.7 Å². The van der Waals surface area contributed by atoms with Gasteiger partial charge in [0.05, 0.1) is 11.6 Å². The van der Waals surface area contributed by atoms with Crippen LogP contribution < -0.4 is 10.8 Å². The summed E-state index contributed by atoms with van der Waals surface area (Å²) in [5, 5.41) is 11.8. The fourth-order valence-corrected chi connectivity index (χ4v) is 2.74. The van der Waals surface area contributed by atoms with Crippen molar-refractivity contribution in [1.29, 1.82) is 0 Å². The summed E-state index contributed by atoms with van der Waals surface area (Å²) in [7, 11) is 1.78. The number of likely N-dealkylation sites (N-methyl/N-ethyl adjacent to an activating group) is 1. The highest BCUT2D eigenvalue weighted by molar-refractivity contribution is 5.93. The molecule has 120 valence electrons. The number of nitrogens with zero attached hydrogens (tertiary/aromatic N) is 2. The second-order valence-corrected chi connectivity index (χ2v) is 5.79. The average Bonchev–Trinajstić information content (AvgIpc) is 2.53. The molecule has 1 aliphatic rings. The molecule has 7 nitrogen and oxygen atoms in total. The Hall–Kier alpha value is -1.99. The van der Waals surface area contributed by atoms with E-state index >= 15 is 0 Å². The maximum atomic E-state index is 12.6. The summed E-state index contributed by atoms with van der Waals surface area (Å²) in [4.78, 5) is 30.1. The first-order valence-electron chi connectivity index (χ1n) is 7.36. The van der Waals surface area contributed by atoms with Gasteiger partial charge in [-0.1, -0.05) is 13.8 Å². The SMILES string of the molecule is CN[C@@H](C(=O)N1CCc2ncc(C(=O)NO)cc2C1)C(C)C. The van der Waals surface area contributed by atoms with Crippen molar-refractivity contribution in [3.63, 3.8) is 0 Å². The lowest BCUT2D eigenvalue weighted by molar-refractivity contribution is -0.135. The third kappa shape index (κ3) is 3.26. The molecule has 0 bridgehead atoms. The maximum Gasteiger partial charge on any atom is 0.276 e. The first kappa shape index (κ1) is 16.4. The second kappa shape index (κ2) is 6.85. The Morgan fingerprint density at radius 3 is 2.73 bits per heavy atom. The minimum absolute atomic E-state index is 0.0557. The molecule has 0 unspecified atom stereocenters. The van der Waals surface area contributed by atoms with Crippen LogP contribution in [0.3, 0.4) is 0 Å². The lowest BCUT2D eigenvalue weighted by Gasteiger charge is -2.32. The van der Waals surface area contributed by atoms with Crippen molar-refractivity contribution in [2.24, 2.45) is 5.92 Å². The van der Waals surface area contributed by atoms with Gasteiger partial charge in [-0.2, -0.15) is 0 Å². The number of hydrogen-bond donors (Lipinski definition) is 3. The Balaban J connectivity index is 2.19. The van der Waals surface area contributed by atoms with Gasteiger partial charge in [0, 0.05) is 31.4 Å². The average molecular weight is 306 g/mol. The van der Waals surface area contributed by atoms with Crippen LogP contribution in [0.5, 0.6) is 0 Å². The summed E-state index contributed by atoms with van der Waals surface area (Å²) < 4.78 is 0. The van der Waals surface area contributed by atoms with E-state index in [-0.39, 0.29) is 23.4 Å². The normalized spacial score (nSPS) is 15.4. The van der Waals surface area contributed by atoms with Crippen LogP contribution in [0.4, 0.5) is 0 Å². The largest absolute Gasteiger partial charge is 0.337 e. The third-order valence-corrected chi connectivity index (χ3v) is 3.96. The summed E-state index contributed by atoms with van der Waals surface area (Å²) in [6, 6.07) is 1.45. The number of carbonyl (C=O) groups excluding carboxylic acids is 2. The molecule has 2 rings (SSSR count). The molecule has 22 heavy (non-hydrogen) atoms. The summed E-state index contributed by atoms with van der Waals surface area (Å²) in [6.45, 7) is 5.05. The number of fused-ring (bicyclic) bond motifs is 1.